The van der Waals surface area contributed by atoms with Crippen molar-refractivity contribution in [3.8, 4) is 11.4 Å². The highest BCUT2D eigenvalue weighted by molar-refractivity contribution is 8.00. The molecule has 6 nitrogen and oxygen atoms in total. The zero-order chi connectivity index (χ0) is 21.2. The molecule has 5 rings (SSSR count). The molecule has 1 aliphatic heterocycles. The summed E-state index contributed by atoms with van der Waals surface area (Å²) in [4.78, 5) is 13.3. The first-order valence-corrected chi connectivity index (χ1v) is 11.0. The van der Waals surface area contributed by atoms with Crippen molar-refractivity contribution in [1.82, 2.24) is 14.9 Å². The fourth-order valence-electron chi connectivity index (χ4n) is 3.52. The van der Waals surface area contributed by atoms with E-state index >= 15 is 0 Å². The van der Waals surface area contributed by atoms with E-state index in [2.05, 4.69) is 20.9 Å². The van der Waals surface area contributed by atoms with Gasteiger partial charge in [-0.2, -0.15) is 0 Å². The molecular weight excluding hydrogens is 430 g/mol. The summed E-state index contributed by atoms with van der Waals surface area (Å²) in [5, 5.41) is 12.4. The van der Waals surface area contributed by atoms with Gasteiger partial charge in [0.25, 0.3) is 0 Å². The van der Waals surface area contributed by atoms with Gasteiger partial charge in [0.1, 0.15) is 5.25 Å². The van der Waals surface area contributed by atoms with Crippen molar-refractivity contribution in [2.45, 2.75) is 16.4 Å². The summed E-state index contributed by atoms with van der Waals surface area (Å²) in [5.74, 6) is 0.571. The number of carbonyl (C=O) groups is 1. The van der Waals surface area contributed by atoms with E-state index in [1.807, 2.05) is 77.5 Å². The molecule has 4 aromatic rings. The minimum absolute atomic E-state index is 0.135. The molecule has 2 atom stereocenters. The van der Waals surface area contributed by atoms with E-state index in [4.69, 9.17) is 11.6 Å². The molecule has 2 heterocycles. The second-order valence-corrected chi connectivity index (χ2v) is 8.61. The largest absolute Gasteiger partial charge is 0.325 e. The number of aromatic nitrogens is 3. The predicted octanol–water partition coefficient (Wildman–Crippen LogP) is 5.00. The topological polar surface area (TPSA) is 71.8 Å². The third-order valence-electron chi connectivity index (χ3n) is 4.98. The van der Waals surface area contributed by atoms with E-state index in [0.29, 0.717) is 21.7 Å². The summed E-state index contributed by atoms with van der Waals surface area (Å²) in [5.41, 5.74) is 6.07. The van der Waals surface area contributed by atoms with E-state index in [1.165, 1.54) is 11.8 Å². The Balaban J connectivity index is 1.50. The van der Waals surface area contributed by atoms with Crippen molar-refractivity contribution in [3.63, 3.8) is 0 Å². The number of nitrogens with one attached hydrogen (secondary N) is 2. The van der Waals surface area contributed by atoms with Crippen LogP contribution in [0.4, 0.5) is 5.69 Å². The maximum absolute atomic E-state index is 13.3. The quantitative estimate of drug-likeness (QED) is 0.460. The van der Waals surface area contributed by atoms with Gasteiger partial charge < -0.3 is 10.7 Å². The summed E-state index contributed by atoms with van der Waals surface area (Å²) in [6, 6.07) is 26.6. The fourth-order valence-corrected chi connectivity index (χ4v) is 4.79. The van der Waals surface area contributed by atoms with Gasteiger partial charge in [0, 0.05) is 16.3 Å². The molecule has 1 amide bonds. The molecule has 154 valence electrons. The Kier molecular flexibility index (Phi) is 5.36. The summed E-state index contributed by atoms with van der Waals surface area (Å²) in [6.45, 7) is 0. The number of hydrogen-bond donors (Lipinski definition) is 2. The minimum atomic E-state index is -0.457. The summed E-state index contributed by atoms with van der Waals surface area (Å²) in [7, 11) is 0. The Hall–Kier alpha value is -3.29. The van der Waals surface area contributed by atoms with Gasteiger partial charge in [0.2, 0.25) is 11.1 Å². The third kappa shape index (κ3) is 4.02. The van der Waals surface area contributed by atoms with Crippen LogP contribution in [-0.4, -0.2) is 26.0 Å². The molecule has 31 heavy (non-hydrogen) atoms. The second kappa shape index (κ2) is 8.45. The van der Waals surface area contributed by atoms with Gasteiger partial charge in [0.15, 0.2) is 5.82 Å². The number of hydrogen-bond acceptors (Lipinski definition) is 5. The van der Waals surface area contributed by atoms with E-state index < -0.39 is 5.25 Å². The third-order valence-corrected chi connectivity index (χ3v) is 6.43. The predicted molar refractivity (Wildman–Crippen MR) is 124 cm³/mol. The average molecular weight is 448 g/mol. The SMILES string of the molecule is O=C(Nc1cccc(Cl)c1)[C@@H]1Sc2nnc(-c3ccccc3)n2N[C@H]1c1ccccc1. The molecule has 0 spiro atoms. The van der Waals surface area contributed by atoms with Gasteiger partial charge in [-0.15, -0.1) is 10.2 Å². The van der Waals surface area contributed by atoms with Crippen molar-refractivity contribution >= 4 is 35.0 Å². The molecule has 0 unspecified atom stereocenters. The van der Waals surface area contributed by atoms with Crippen LogP contribution >= 0.6 is 23.4 Å². The highest BCUT2D eigenvalue weighted by Crippen LogP contribution is 2.39. The molecule has 1 aromatic heterocycles. The van der Waals surface area contributed by atoms with Crippen LogP contribution in [0.15, 0.2) is 90.1 Å². The number of nitrogens with zero attached hydrogens (tertiary/aromatic N) is 3. The normalized spacial score (nSPS) is 17.5. The summed E-state index contributed by atoms with van der Waals surface area (Å²) in [6.07, 6.45) is 0. The van der Waals surface area contributed by atoms with E-state index in [-0.39, 0.29) is 11.9 Å². The van der Waals surface area contributed by atoms with Crippen LogP contribution in [0.1, 0.15) is 11.6 Å². The molecule has 3 aromatic carbocycles. The smallest absolute Gasteiger partial charge is 0.240 e. The molecular formula is C23H18ClN5OS. The van der Waals surface area contributed by atoms with Crippen molar-refractivity contribution in [2.24, 2.45) is 0 Å². The fraction of sp³-hybridized carbons (Fsp3) is 0.0870. The van der Waals surface area contributed by atoms with Crippen LogP contribution in [-0.2, 0) is 4.79 Å². The van der Waals surface area contributed by atoms with E-state index in [0.717, 1.165) is 11.1 Å². The number of anilines is 1. The Morgan fingerprint density at radius 3 is 2.45 bits per heavy atom. The molecule has 0 bridgehead atoms. The van der Waals surface area contributed by atoms with Crippen molar-refractivity contribution in [3.05, 3.63) is 95.5 Å². The highest BCUT2D eigenvalue weighted by Gasteiger charge is 2.38. The van der Waals surface area contributed by atoms with Gasteiger partial charge >= 0.3 is 0 Å². The number of rotatable bonds is 4. The standard InChI is InChI=1S/C23H18ClN5OS/c24-17-12-7-13-18(14-17)25-22(30)20-19(15-8-3-1-4-9-15)28-29-21(26-27-23(29)31-20)16-10-5-2-6-11-16/h1-14,19-20,28H,(H,25,30)/t19-,20+/m0/s1. The van der Waals surface area contributed by atoms with Crippen LogP contribution < -0.4 is 10.7 Å². The number of thioether (sulfide) groups is 1. The highest BCUT2D eigenvalue weighted by atomic mass is 35.5. The first-order valence-electron chi connectivity index (χ1n) is 9.74. The number of carbonyl (C=O) groups excluding carboxylic acids is 1. The lowest BCUT2D eigenvalue weighted by atomic mass is 10.0. The Morgan fingerprint density at radius 2 is 1.71 bits per heavy atom. The van der Waals surface area contributed by atoms with Crippen molar-refractivity contribution < 1.29 is 4.79 Å². The van der Waals surface area contributed by atoms with Gasteiger partial charge in [0.05, 0.1) is 6.04 Å². The van der Waals surface area contributed by atoms with E-state index in [9.17, 15) is 4.79 Å². The Labute approximate surface area is 188 Å². The first-order chi connectivity index (χ1) is 15.2. The summed E-state index contributed by atoms with van der Waals surface area (Å²) >= 11 is 7.46. The first kappa shape index (κ1) is 19.7. The zero-order valence-electron chi connectivity index (χ0n) is 16.3. The van der Waals surface area contributed by atoms with Crippen LogP contribution in [0.5, 0.6) is 0 Å². The zero-order valence-corrected chi connectivity index (χ0v) is 17.8. The number of fused-ring (bicyclic) bond motifs is 1. The van der Waals surface area contributed by atoms with Gasteiger partial charge in [-0.1, -0.05) is 90.1 Å². The van der Waals surface area contributed by atoms with Crippen molar-refractivity contribution in [1.29, 1.82) is 0 Å². The van der Waals surface area contributed by atoms with Crippen LogP contribution in [0.25, 0.3) is 11.4 Å². The van der Waals surface area contributed by atoms with E-state index in [1.54, 1.807) is 12.1 Å². The van der Waals surface area contributed by atoms with Crippen LogP contribution in [0, 0.1) is 0 Å². The maximum Gasteiger partial charge on any atom is 0.240 e. The maximum atomic E-state index is 13.3. The molecule has 0 saturated carbocycles. The molecule has 0 radical (unpaired) electrons. The monoisotopic (exact) mass is 447 g/mol. The molecule has 0 aliphatic carbocycles. The molecule has 0 fully saturated rings. The number of halogens is 1. The molecule has 1 aliphatic rings. The lowest BCUT2D eigenvalue weighted by Gasteiger charge is -2.33. The molecule has 8 heteroatoms. The number of benzene rings is 3. The van der Waals surface area contributed by atoms with Crippen LogP contribution in [0.2, 0.25) is 5.02 Å². The van der Waals surface area contributed by atoms with Gasteiger partial charge in [-0.25, -0.2) is 4.68 Å². The van der Waals surface area contributed by atoms with Gasteiger partial charge in [-0.3, -0.25) is 4.79 Å². The Morgan fingerprint density at radius 1 is 0.968 bits per heavy atom. The van der Waals surface area contributed by atoms with Crippen molar-refractivity contribution in [2.75, 3.05) is 10.7 Å². The van der Waals surface area contributed by atoms with Gasteiger partial charge in [-0.05, 0) is 23.8 Å². The lowest BCUT2D eigenvalue weighted by molar-refractivity contribution is -0.116. The number of amides is 1. The average Bonchev–Trinajstić information content (AvgIpc) is 3.22. The minimum Gasteiger partial charge on any atom is -0.325 e. The lowest BCUT2D eigenvalue weighted by Crippen LogP contribution is -2.41. The Bertz CT molecular complexity index is 1220. The molecule has 0 saturated heterocycles. The summed E-state index contributed by atoms with van der Waals surface area (Å²) < 4.78 is 1.86. The van der Waals surface area contributed by atoms with Crippen LogP contribution in [0.3, 0.4) is 0 Å². The molecule has 2 N–H and O–H groups in total. The second-order valence-electron chi connectivity index (χ2n) is 7.06.